The summed E-state index contributed by atoms with van der Waals surface area (Å²) in [6.45, 7) is 0. The van der Waals surface area contributed by atoms with Crippen molar-refractivity contribution in [3.8, 4) is 0 Å². The highest BCUT2D eigenvalue weighted by atomic mass is 35.5. The third-order valence-electron chi connectivity index (χ3n) is 1.69. The number of benzene rings is 1. The molecule has 0 fully saturated rings. The second kappa shape index (κ2) is 4.01. The van der Waals surface area contributed by atoms with E-state index in [2.05, 4.69) is 0 Å². The number of halogens is 4. The molecule has 0 aliphatic heterocycles. The molecule has 0 saturated carbocycles. The number of carboxylic acid groups (broad SMARTS) is 2. The largest absolute Gasteiger partial charge is 0.478 e. The van der Waals surface area contributed by atoms with Crippen LogP contribution in [0.2, 0.25) is 5.02 Å². The van der Waals surface area contributed by atoms with Gasteiger partial charge < -0.3 is 10.2 Å². The van der Waals surface area contributed by atoms with Crippen LogP contribution in [0.5, 0.6) is 0 Å². The van der Waals surface area contributed by atoms with Gasteiger partial charge in [-0.05, 0) is 0 Å². The van der Waals surface area contributed by atoms with Gasteiger partial charge >= 0.3 is 11.9 Å². The first-order valence-corrected chi connectivity index (χ1v) is 3.99. The predicted octanol–water partition coefficient (Wildman–Crippen LogP) is 2.15. The molecule has 0 atom stereocenters. The molecular weight excluding hydrogens is 253 g/mol. The molecule has 0 bridgehead atoms. The third-order valence-corrected chi connectivity index (χ3v) is 2.05. The fourth-order valence-electron chi connectivity index (χ4n) is 1.03. The molecule has 0 spiro atoms. The lowest BCUT2D eigenvalue weighted by Crippen LogP contribution is -2.15. The van der Waals surface area contributed by atoms with E-state index in [4.69, 9.17) is 21.8 Å². The quantitative estimate of drug-likeness (QED) is 0.626. The molecule has 0 saturated heterocycles. The van der Waals surface area contributed by atoms with Crippen molar-refractivity contribution in [2.24, 2.45) is 0 Å². The Morgan fingerprint density at radius 2 is 1.31 bits per heavy atom. The number of hydrogen-bond acceptors (Lipinski definition) is 2. The molecule has 1 rings (SSSR count). The van der Waals surface area contributed by atoms with E-state index in [0.29, 0.717) is 0 Å². The Bertz CT molecular complexity index is 456. The normalized spacial score (nSPS) is 10.2. The maximum atomic E-state index is 13.0. The van der Waals surface area contributed by atoms with Gasteiger partial charge in [-0.3, -0.25) is 0 Å². The highest BCUT2D eigenvalue weighted by Gasteiger charge is 2.31. The van der Waals surface area contributed by atoms with Crippen molar-refractivity contribution in [2.75, 3.05) is 0 Å². The van der Waals surface area contributed by atoms with Crippen LogP contribution in [0.1, 0.15) is 20.7 Å². The van der Waals surface area contributed by atoms with Crippen LogP contribution in [0.3, 0.4) is 0 Å². The van der Waals surface area contributed by atoms with Crippen LogP contribution >= 0.6 is 11.6 Å². The summed E-state index contributed by atoms with van der Waals surface area (Å²) in [5.41, 5.74) is -2.85. The van der Waals surface area contributed by atoms with Crippen molar-refractivity contribution < 1.29 is 33.0 Å². The Kier molecular flexibility index (Phi) is 3.09. The van der Waals surface area contributed by atoms with Crippen LogP contribution in [0.25, 0.3) is 0 Å². The van der Waals surface area contributed by atoms with Crippen molar-refractivity contribution in [3.05, 3.63) is 33.6 Å². The van der Waals surface area contributed by atoms with Gasteiger partial charge in [0.05, 0.1) is 10.6 Å². The fourth-order valence-corrected chi connectivity index (χ4v) is 1.29. The molecule has 4 nitrogen and oxygen atoms in total. The van der Waals surface area contributed by atoms with Crippen molar-refractivity contribution in [1.29, 1.82) is 0 Å². The van der Waals surface area contributed by atoms with Gasteiger partial charge in [-0.15, -0.1) is 0 Å². The van der Waals surface area contributed by atoms with Gasteiger partial charge in [-0.25, -0.2) is 22.8 Å². The summed E-state index contributed by atoms with van der Waals surface area (Å²) in [6, 6.07) is 0. The Hall–Kier alpha value is -1.76. The number of rotatable bonds is 2. The van der Waals surface area contributed by atoms with Gasteiger partial charge in [0.1, 0.15) is 5.56 Å². The standard InChI is InChI=1S/C8H2ClF3O4/c9-3-1(7(13)14)2(8(15)16)4(10)6(12)5(3)11/h(H,13,14)(H,15,16). The molecule has 8 heteroatoms. The molecule has 0 aromatic heterocycles. The van der Waals surface area contributed by atoms with Crippen LogP contribution in [-0.4, -0.2) is 22.2 Å². The number of carbonyl (C=O) groups is 2. The Labute approximate surface area is 90.9 Å². The molecule has 0 radical (unpaired) electrons. The van der Waals surface area contributed by atoms with Crippen LogP contribution in [0.15, 0.2) is 0 Å². The van der Waals surface area contributed by atoms with Gasteiger partial charge in [-0.1, -0.05) is 11.6 Å². The van der Waals surface area contributed by atoms with E-state index in [9.17, 15) is 22.8 Å². The lowest BCUT2D eigenvalue weighted by Gasteiger charge is -2.07. The van der Waals surface area contributed by atoms with E-state index in [1.807, 2.05) is 0 Å². The van der Waals surface area contributed by atoms with E-state index in [1.165, 1.54) is 0 Å². The minimum absolute atomic E-state index is 1.29. The van der Waals surface area contributed by atoms with Crippen molar-refractivity contribution in [3.63, 3.8) is 0 Å². The van der Waals surface area contributed by atoms with Crippen LogP contribution < -0.4 is 0 Å². The Morgan fingerprint density at radius 3 is 1.69 bits per heavy atom. The SMILES string of the molecule is O=C(O)c1c(F)c(F)c(F)c(Cl)c1C(=O)O. The molecule has 0 unspecified atom stereocenters. The van der Waals surface area contributed by atoms with Crippen LogP contribution in [0.4, 0.5) is 13.2 Å². The Balaban J connectivity index is 3.83. The van der Waals surface area contributed by atoms with E-state index < -0.39 is 45.5 Å². The number of hydrogen-bond donors (Lipinski definition) is 2. The molecule has 1 aromatic rings. The zero-order valence-electron chi connectivity index (χ0n) is 7.22. The van der Waals surface area contributed by atoms with Crippen molar-refractivity contribution in [1.82, 2.24) is 0 Å². The molecule has 0 amide bonds. The van der Waals surface area contributed by atoms with E-state index in [0.717, 1.165) is 0 Å². The highest BCUT2D eigenvalue weighted by Crippen LogP contribution is 2.29. The summed E-state index contributed by atoms with van der Waals surface area (Å²) in [6.07, 6.45) is 0. The van der Waals surface area contributed by atoms with Crippen molar-refractivity contribution in [2.45, 2.75) is 0 Å². The maximum Gasteiger partial charge on any atom is 0.339 e. The van der Waals surface area contributed by atoms with Crippen LogP contribution in [0, 0.1) is 17.5 Å². The minimum Gasteiger partial charge on any atom is -0.478 e. The molecule has 1 aromatic carbocycles. The van der Waals surface area contributed by atoms with E-state index >= 15 is 0 Å². The highest BCUT2D eigenvalue weighted by molar-refractivity contribution is 6.34. The molecule has 16 heavy (non-hydrogen) atoms. The van der Waals surface area contributed by atoms with Gasteiger partial charge in [0, 0.05) is 0 Å². The fraction of sp³-hybridized carbons (Fsp3) is 0. The second-order valence-corrected chi connectivity index (χ2v) is 2.99. The third kappa shape index (κ3) is 1.69. The van der Waals surface area contributed by atoms with Crippen molar-refractivity contribution >= 4 is 23.5 Å². The number of aromatic carboxylic acids is 2. The topological polar surface area (TPSA) is 74.6 Å². The maximum absolute atomic E-state index is 13.0. The van der Waals surface area contributed by atoms with Gasteiger partial charge in [0.15, 0.2) is 17.5 Å². The lowest BCUT2D eigenvalue weighted by molar-refractivity contribution is 0.0645. The Morgan fingerprint density at radius 1 is 0.875 bits per heavy atom. The summed E-state index contributed by atoms with van der Waals surface area (Å²) in [5, 5.41) is 15.7. The summed E-state index contributed by atoms with van der Waals surface area (Å²) >= 11 is 5.09. The number of carboxylic acids is 2. The molecule has 0 aliphatic rings. The van der Waals surface area contributed by atoms with E-state index in [-0.39, 0.29) is 0 Å². The van der Waals surface area contributed by atoms with Gasteiger partial charge in [0.25, 0.3) is 0 Å². The van der Waals surface area contributed by atoms with Gasteiger partial charge in [0.2, 0.25) is 0 Å². The lowest BCUT2D eigenvalue weighted by atomic mass is 10.1. The first-order chi connectivity index (χ1) is 7.29. The first kappa shape index (κ1) is 12.3. The summed E-state index contributed by atoms with van der Waals surface area (Å²) in [5.74, 6) is -10.2. The molecular formula is C8H2ClF3O4. The average molecular weight is 255 g/mol. The molecule has 0 aliphatic carbocycles. The minimum atomic E-state index is -2.13. The van der Waals surface area contributed by atoms with E-state index in [1.54, 1.807) is 0 Å². The second-order valence-electron chi connectivity index (χ2n) is 2.62. The molecule has 86 valence electrons. The summed E-state index contributed by atoms with van der Waals surface area (Å²) < 4.78 is 38.6. The monoisotopic (exact) mass is 254 g/mol. The van der Waals surface area contributed by atoms with Gasteiger partial charge in [-0.2, -0.15) is 0 Å². The predicted molar refractivity (Wildman–Crippen MR) is 45.2 cm³/mol. The van der Waals surface area contributed by atoms with Crippen LogP contribution in [-0.2, 0) is 0 Å². The molecule has 0 heterocycles. The first-order valence-electron chi connectivity index (χ1n) is 3.61. The summed E-state index contributed by atoms with van der Waals surface area (Å²) in [4.78, 5) is 21.1. The zero-order chi connectivity index (χ0) is 12.6. The smallest absolute Gasteiger partial charge is 0.339 e. The molecule has 2 N–H and O–H groups in total. The average Bonchev–Trinajstić information content (AvgIpc) is 2.18. The zero-order valence-corrected chi connectivity index (χ0v) is 7.98. The summed E-state index contributed by atoms with van der Waals surface area (Å²) in [7, 11) is 0.